The molecule has 0 aromatic rings. The summed E-state index contributed by atoms with van der Waals surface area (Å²) in [5.41, 5.74) is 0. The van der Waals surface area contributed by atoms with Crippen LogP contribution in [0.3, 0.4) is 0 Å². The van der Waals surface area contributed by atoms with E-state index in [0.29, 0.717) is 6.42 Å². The van der Waals surface area contributed by atoms with Crippen LogP contribution >= 0.6 is 0 Å². The van der Waals surface area contributed by atoms with Crippen LogP contribution in [0.2, 0.25) is 0 Å². The second-order valence-corrected chi connectivity index (χ2v) is 19.4. The van der Waals surface area contributed by atoms with Crippen molar-refractivity contribution in [2.45, 2.75) is 294 Å². The lowest BCUT2D eigenvalue weighted by molar-refractivity contribution is -0.302. The maximum Gasteiger partial charge on any atom is 0.220 e. The van der Waals surface area contributed by atoms with Crippen molar-refractivity contribution < 1.29 is 39.8 Å². The van der Waals surface area contributed by atoms with Crippen molar-refractivity contribution >= 4 is 5.91 Å². The highest BCUT2D eigenvalue weighted by Crippen LogP contribution is 2.23. The van der Waals surface area contributed by atoms with Crippen molar-refractivity contribution in [3.8, 4) is 0 Å². The molecule has 1 heterocycles. The molecule has 386 valence electrons. The molecular formula is C57H105NO8. The molecule has 9 heteroatoms. The molecule has 9 nitrogen and oxygen atoms in total. The van der Waals surface area contributed by atoms with E-state index in [1.165, 1.54) is 186 Å². The van der Waals surface area contributed by atoms with E-state index >= 15 is 0 Å². The summed E-state index contributed by atoms with van der Waals surface area (Å²) in [5, 5.41) is 54.4. The summed E-state index contributed by atoms with van der Waals surface area (Å²) >= 11 is 0. The molecule has 1 rings (SSSR count). The molecule has 0 spiro atoms. The lowest BCUT2D eigenvalue weighted by atomic mass is 9.99. The lowest BCUT2D eigenvalue weighted by Gasteiger charge is -2.40. The predicted octanol–water partition coefficient (Wildman–Crippen LogP) is 13.3. The highest BCUT2D eigenvalue weighted by atomic mass is 16.7. The van der Waals surface area contributed by atoms with Crippen LogP contribution in [0.4, 0.5) is 0 Å². The normalized spacial score (nSPS) is 20.1. The van der Waals surface area contributed by atoms with Gasteiger partial charge in [-0.3, -0.25) is 4.79 Å². The SMILES string of the molecule is CCCCCCCCCCC/C=C\C/C=C\CCCCCCCCCCCC(=O)NC(COC1OC(CO)C(O)C(O)C1O)C(O)/C=C/CC/C=C/CCCCCCCCCCCCCC. The molecule has 0 radical (unpaired) electrons. The second kappa shape index (κ2) is 46.9. The number of carbonyl (C=O) groups excluding carboxylic acids is 1. The Morgan fingerprint density at radius 2 is 0.909 bits per heavy atom. The van der Waals surface area contributed by atoms with Crippen molar-refractivity contribution in [2.75, 3.05) is 13.2 Å². The average molecular weight is 932 g/mol. The van der Waals surface area contributed by atoms with Gasteiger partial charge < -0.3 is 40.3 Å². The molecule has 1 aliphatic rings. The van der Waals surface area contributed by atoms with Crippen LogP contribution in [0, 0.1) is 0 Å². The molecule has 1 saturated heterocycles. The number of rotatable bonds is 47. The zero-order valence-corrected chi connectivity index (χ0v) is 42.7. The van der Waals surface area contributed by atoms with Crippen molar-refractivity contribution in [3.05, 3.63) is 48.6 Å². The Morgan fingerprint density at radius 3 is 1.36 bits per heavy atom. The Labute approximate surface area is 405 Å². The minimum atomic E-state index is -1.57. The van der Waals surface area contributed by atoms with Crippen LogP contribution in [0.1, 0.15) is 251 Å². The molecule has 0 saturated carbocycles. The van der Waals surface area contributed by atoms with E-state index in [0.717, 1.165) is 44.9 Å². The Balaban J connectivity index is 2.27. The second-order valence-electron chi connectivity index (χ2n) is 19.4. The first-order chi connectivity index (χ1) is 32.3. The number of aliphatic hydroxyl groups excluding tert-OH is 5. The van der Waals surface area contributed by atoms with Crippen molar-refractivity contribution in [2.24, 2.45) is 0 Å². The van der Waals surface area contributed by atoms with Gasteiger partial charge in [-0.25, -0.2) is 0 Å². The first kappa shape index (κ1) is 62.2. The third-order valence-electron chi connectivity index (χ3n) is 13.1. The smallest absolute Gasteiger partial charge is 0.220 e. The molecule has 7 atom stereocenters. The maximum atomic E-state index is 13.0. The van der Waals surface area contributed by atoms with Gasteiger partial charge in [-0.15, -0.1) is 0 Å². The summed E-state index contributed by atoms with van der Waals surface area (Å²) < 4.78 is 11.2. The summed E-state index contributed by atoms with van der Waals surface area (Å²) in [6, 6.07) is -0.825. The number of ether oxygens (including phenoxy) is 2. The minimum Gasteiger partial charge on any atom is -0.394 e. The van der Waals surface area contributed by atoms with Gasteiger partial charge in [0.15, 0.2) is 6.29 Å². The van der Waals surface area contributed by atoms with Crippen LogP contribution in [0.25, 0.3) is 0 Å². The summed E-state index contributed by atoms with van der Waals surface area (Å²) in [7, 11) is 0. The van der Waals surface area contributed by atoms with E-state index in [9.17, 15) is 30.3 Å². The molecular weight excluding hydrogens is 827 g/mol. The summed E-state index contributed by atoms with van der Waals surface area (Å²) in [6.07, 6.45) is 54.6. The van der Waals surface area contributed by atoms with Crippen molar-refractivity contribution in [3.63, 3.8) is 0 Å². The number of unbranched alkanes of at least 4 members (excludes halogenated alkanes) is 31. The van der Waals surface area contributed by atoms with Gasteiger partial charge in [-0.1, -0.05) is 229 Å². The molecule has 0 aromatic heterocycles. The molecule has 66 heavy (non-hydrogen) atoms. The standard InChI is InChI=1S/C57H105NO8/c1-3-5-7-9-11-13-15-17-19-21-23-24-25-26-27-28-29-31-33-35-37-39-41-43-45-47-53(61)58-50(49-65-57-56(64)55(63)54(62)52(48-59)66-57)51(60)46-44-42-40-38-36-34-32-30-22-20-18-16-14-12-10-8-6-4-2/h23-24,26-27,36,38,44,46,50-52,54-57,59-60,62-64H,3-22,25,28-35,37,39-43,45,47-49H2,1-2H3,(H,58,61)/b24-23-,27-26-,38-36+,46-44+. The Bertz CT molecular complexity index is 1170. The first-order valence-corrected chi connectivity index (χ1v) is 27.9. The quantitative estimate of drug-likeness (QED) is 0.0261. The average Bonchev–Trinajstić information content (AvgIpc) is 3.32. The van der Waals surface area contributed by atoms with E-state index in [2.05, 4.69) is 55.6 Å². The summed E-state index contributed by atoms with van der Waals surface area (Å²) in [5.74, 6) is -0.190. The number of amides is 1. The third kappa shape index (κ3) is 36.2. The minimum absolute atomic E-state index is 0.190. The molecule has 7 unspecified atom stereocenters. The molecule has 1 amide bonds. The predicted molar refractivity (Wildman–Crippen MR) is 276 cm³/mol. The van der Waals surface area contributed by atoms with Gasteiger partial charge in [0.2, 0.25) is 5.91 Å². The van der Waals surface area contributed by atoms with Crippen LogP contribution in [0.5, 0.6) is 0 Å². The Kier molecular flexibility index (Phi) is 44.1. The highest BCUT2D eigenvalue weighted by Gasteiger charge is 2.44. The zero-order valence-electron chi connectivity index (χ0n) is 42.7. The van der Waals surface area contributed by atoms with Crippen LogP contribution < -0.4 is 5.32 Å². The van der Waals surface area contributed by atoms with E-state index in [1.807, 2.05) is 6.08 Å². The summed E-state index contributed by atoms with van der Waals surface area (Å²) in [6.45, 7) is 3.77. The first-order valence-electron chi connectivity index (χ1n) is 27.9. The van der Waals surface area contributed by atoms with Gasteiger partial charge in [0.25, 0.3) is 0 Å². The fourth-order valence-electron chi connectivity index (χ4n) is 8.67. The maximum absolute atomic E-state index is 13.0. The molecule has 6 N–H and O–H groups in total. The Hall–Kier alpha value is -1.85. The van der Waals surface area contributed by atoms with E-state index in [1.54, 1.807) is 6.08 Å². The number of nitrogens with one attached hydrogen (secondary N) is 1. The van der Waals surface area contributed by atoms with E-state index < -0.39 is 49.5 Å². The molecule has 0 bridgehead atoms. The fraction of sp³-hybridized carbons (Fsp3) is 0.842. The number of aliphatic hydroxyl groups is 5. The van der Waals surface area contributed by atoms with Gasteiger partial charge >= 0.3 is 0 Å². The number of allylic oxidation sites excluding steroid dienone is 7. The zero-order chi connectivity index (χ0) is 48.0. The largest absolute Gasteiger partial charge is 0.394 e. The molecule has 1 fully saturated rings. The topological polar surface area (TPSA) is 149 Å². The van der Waals surface area contributed by atoms with Gasteiger partial charge in [-0.2, -0.15) is 0 Å². The van der Waals surface area contributed by atoms with Gasteiger partial charge in [-0.05, 0) is 64.2 Å². The molecule has 0 aromatic carbocycles. The van der Waals surface area contributed by atoms with Gasteiger partial charge in [0, 0.05) is 6.42 Å². The van der Waals surface area contributed by atoms with Crippen molar-refractivity contribution in [1.29, 1.82) is 0 Å². The van der Waals surface area contributed by atoms with Crippen LogP contribution in [0.15, 0.2) is 48.6 Å². The molecule has 0 aliphatic carbocycles. The summed E-state index contributed by atoms with van der Waals surface area (Å²) in [4.78, 5) is 13.0. The van der Waals surface area contributed by atoms with Gasteiger partial charge in [0.1, 0.15) is 24.4 Å². The number of hydrogen-bond acceptors (Lipinski definition) is 8. The third-order valence-corrected chi connectivity index (χ3v) is 13.1. The lowest BCUT2D eigenvalue weighted by Crippen LogP contribution is -2.60. The van der Waals surface area contributed by atoms with Crippen molar-refractivity contribution in [1.82, 2.24) is 5.32 Å². The van der Waals surface area contributed by atoms with E-state index in [4.69, 9.17) is 9.47 Å². The number of carbonyl (C=O) groups is 1. The van der Waals surface area contributed by atoms with Gasteiger partial charge in [0.05, 0.1) is 25.4 Å². The monoisotopic (exact) mass is 932 g/mol. The molecule has 1 aliphatic heterocycles. The highest BCUT2D eigenvalue weighted by molar-refractivity contribution is 5.76. The fourth-order valence-corrected chi connectivity index (χ4v) is 8.67. The van der Waals surface area contributed by atoms with Crippen LogP contribution in [-0.4, -0.2) is 87.5 Å². The Morgan fingerprint density at radius 1 is 0.515 bits per heavy atom. The number of hydrogen-bond donors (Lipinski definition) is 6. The van der Waals surface area contributed by atoms with E-state index in [-0.39, 0.29) is 12.5 Å². The van der Waals surface area contributed by atoms with Crippen LogP contribution in [-0.2, 0) is 14.3 Å².